The predicted octanol–water partition coefficient (Wildman–Crippen LogP) is 1.60. The van der Waals surface area contributed by atoms with E-state index < -0.39 is 10.0 Å². The molecule has 106 valence electrons. The number of aliphatic hydroxyl groups excluding tert-OH is 1. The second kappa shape index (κ2) is 5.78. The van der Waals surface area contributed by atoms with E-state index in [1.165, 1.54) is 23.5 Å². The molecular weight excluding hydrogens is 334 g/mol. The number of methoxy groups -OCH3 is 1. The first-order chi connectivity index (χ1) is 9.00. The molecule has 0 amide bonds. The average Bonchev–Trinajstić information content (AvgIpc) is 3.19. The fraction of sp³-hybridized carbons (Fsp3) is 0.500. The van der Waals surface area contributed by atoms with Crippen LogP contribution in [0.25, 0.3) is 0 Å². The average molecular weight is 350 g/mol. The third-order valence-corrected chi connectivity index (χ3v) is 5.57. The molecule has 1 aliphatic rings. The molecule has 0 unspecified atom stereocenters. The minimum Gasteiger partial charge on any atom is -0.496 e. The fourth-order valence-electron chi connectivity index (χ4n) is 1.90. The first kappa shape index (κ1) is 14.8. The molecule has 0 spiro atoms. The van der Waals surface area contributed by atoms with Crippen molar-refractivity contribution in [2.45, 2.75) is 23.8 Å². The molecule has 0 radical (unpaired) electrons. The molecule has 0 aliphatic heterocycles. The van der Waals surface area contributed by atoms with Crippen molar-refractivity contribution in [3.8, 4) is 5.75 Å². The van der Waals surface area contributed by atoms with E-state index in [4.69, 9.17) is 9.84 Å². The van der Waals surface area contributed by atoms with Gasteiger partial charge in [0.15, 0.2) is 0 Å². The standard InChI is InChI=1S/C12H16BrNO4S/c1-18-12-5-4-10(8-11(12)13)19(16,17)14(6-7-15)9-2-3-9/h4-5,8-9,15H,2-3,6-7H2,1H3. The van der Waals surface area contributed by atoms with Gasteiger partial charge >= 0.3 is 0 Å². The van der Waals surface area contributed by atoms with Gasteiger partial charge in [0.05, 0.1) is 23.1 Å². The third-order valence-electron chi connectivity index (χ3n) is 3.00. The van der Waals surface area contributed by atoms with E-state index in [0.717, 1.165) is 12.8 Å². The van der Waals surface area contributed by atoms with E-state index in [0.29, 0.717) is 10.2 Å². The number of nitrogens with zero attached hydrogens (tertiary/aromatic N) is 1. The van der Waals surface area contributed by atoms with Crippen molar-refractivity contribution in [3.63, 3.8) is 0 Å². The van der Waals surface area contributed by atoms with Crippen molar-refractivity contribution in [1.82, 2.24) is 4.31 Å². The Bertz CT molecular complexity index is 557. The number of aliphatic hydroxyl groups is 1. The molecule has 0 aromatic heterocycles. The Morgan fingerprint density at radius 1 is 1.47 bits per heavy atom. The normalized spacial score (nSPS) is 15.8. The summed E-state index contributed by atoms with van der Waals surface area (Å²) in [5.74, 6) is 0.582. The highest BCUT2D eigenvalue weighted by atomic mass is 79.9. The first-order valence-corrected chi connectivity index (χ1v) is 8.20. The smallest absolute Gasteiger partial charge is 0.243 e. The second-order valence-corrected chi connectivity index (χ2v) is 7.11. The van der Waals surface area contributed by atoms with Crippen molar-refractivity contribution in [3.05, 3.63) is 22.7 Å². The van der Waals surface area contributed by atoms with E-state index in [1.807, 2.05) is 0 Å². The third kappa shape index (κ3) is 3.10. The molecule has 1 fully saturated rings. The van der Waals surface area contributed by atoms with Crippen molar-refractivity contribution in [1.29, 1.82) is 0 Å². The van der Waals surface area contributed by atoms with Crippen LogP contribution in [-0.4, -0.2) is 44.1 Å². The van der Waals surface area contributed by atoms with Gasteiger partial charge in [-0.2, -0.15) is 4.31 Å². The molecule has 2 rings (SSSR count). The summed E-state index contributed by atoms with van der Waals surface area (Å²) in [6.07, 6.45) is 1.72. The van der Waals surface area contributed by atoms with Crippen molar-refractivity contribution in [2.24, 2.45) is 0 Å². The fourth-order valence-corrected chi connectivity index (χ4v) is 4.30. The molecule has 1 aromatic carbocycles. The summed E-state index contributed by atoms with van der Waals surface area (Å²) in [4.78, 5) is 0.209. The van der Waals surface area contributed by atoms with Crippen LogP contribution in [0.15, 0.2) is 27.6 Å². The summed E-state index contributed by atoms with van der Waals surface area (Å²) in [7, 11) is -2.04. The molecule has 1 aromatic rings. The molecule has 0 atom stereocenters. The van der Waals surface area contributed by atoms with Crippen LogP contribution in [-0.2, 0) is 10.0 Å². The van der Waals surface area contributed by atoms with Gasteiger partial charge in [0, 0.05) is 12.6 Å². The van der Waals surface area contributed by atoms with Gasteiger partial charge in [-0.15, -0.1) is 0 Å². The van der Waals surface area contributed by atoms with Gasteiger partial charge in [0.25, 0.3) is 0 Å². The van der Waals surface area contributed by atoms with Crippen LogP contribution in [0, 0.1) is 0 Å². The van der Waals surface area contributed by atoms with Crippen molar-refractivity contribution >= 4 is 26.0 Å². The Labute approximate surface area is 121 Å². The predicted molar refractivity (Wildman–Crippen MR) is 74.7 cm³/mol. The number of ether oxygens (including phenoxy) is 1. The van der Waals surface area contributed by atoms with Crippen molar-refractivity contribution in [2.75, 3.05) is 20.3 Å². The summed E-state index contributed by atoms with van der Waals surface area (Å²) >= 11 is 3.28. The number of benzene rings is 1. The Kier molecular flexibility index (Phi) is 4.50. The Balaban J connectivity index is 2.34. The van der Waals surface area contributed by atoms with Gasteiger partial charge in [-0.05, 0) is 47.0 Å². The van der Waals surface area contributed by atoms with E-state index in [-0.39, 0.29) is 24.1 Å². The topological polar surface area (TPSA) is 66.8 Å². The highest BCUT2D eigenvalue weighted by Gasteiger charge is 2.37. The summed E-state index contributed by atoms with van der Waals surface area (Å²) in [6.45, 7) is -0.0380. The lowest BCUT2D eigenvalue weighted by Gasteiger charge is -2.21. The van der Waals surface area contributed by atoms with Gasteiger partial charge in [-0.3, -0.25) is 0 Å². The maximum absolute atomic E-state index is 12.5. The molecule has 0 saturated heterocycles. The minimum absolute atomic E-state index is 0.0260. The first-order valence-electron chi connectivity index (χ1n) is 5.97. The van der Waals surface area contributed by atoms with Crippen LogP contribution in [0.3, 0.4) is 0 Å². The van der Waals surface area contributed by atoms with Gasteiger partial charge in [-0.1, -0.05) is 0 Å². The zero-order valence-corrected chi connectivity index (χ0v) is 12.9. The monoisotopic (exact) mass is 349 g/mol. The molecule has 19 heavy (non-hydrogen) atoms. The zero-order chi connectivity index (χ0) is 14.0. The van der Waals surface area contributed by atoms with Crippen LogP contribution < -0.4 is 4.74 Å². The Morgan fingerprint density at radius 3 is 2.63 bits per heavy atom. The summed E-state index contributed by atoms with van der Waals surface area (Å²) in [5.41, 5.74) is 0. The number of sulfonamides is 1. The Morgan fingerprint density at radius 2 is 2.16 bits per heavy atom. The van der Waals surface area contributed by atoms with Crippen LogP contribution in [0.1, 0.15) is 12.8 Å². The summed E-state index contributed by atoms with van der Waals surface area (Å²) < 4.78 is 32.1. The van der Waals surface area contributed by atoms with Gasteiger partial charge in [0.2, 0.25) is 10.0 Å². The van der Waals surface area contributed by atoms with Crippen LogP contribution in [0.2, 0.25) is 0 Å². The van der Waals surface area contributed by atoms with E-state index >= 15 is 0 Å². The molecule has 1 saturated carbocycles. The zero-order valence-electron chi connectivity index (χ0n) is 10.5. The highest BCUT2D eigenvalue weighted by molar-refractivity contribution is 9.10. The SMILES string of the molecule is COc1ccc(S(=O)(=O)N(CCO)C2CC2)cc1Br. The van der Waals surface area contributed by atoms with E-state index in [9.17, 15) is 8.42 Å². The minimum atomic E-state index is -3.56. The summed E-state index contributed by atoms with van der Waals surface area (Å²) in [5, 5.41) is 9.02. The number of rotatable bonds is 6. The maximum Gasteiger partial charge on any atom is 0.243 e. The lowest BCUT2D eigenvalue weighted by Crippen LogP contribution is -2.35. The number of hydrogen-bond acceptors (Lipinski definition) is 4. The van der Waals surface area contributed by atoms with Crippen LogP contribution in [0.5, 0.6) is 5.75 Å². The largest absolute Gasteiger partial charge is 0.496 e. The molecule has 1 N–H and O–H groups in total. The molecular formula is C12H16BrNO4S. The number of halogens is 1. The molecule has 7 heteroatoms. The van der Waals surface area contributed by atoms with Crippen LogP contribution >= 0.6 is 15.9 Å². The highest BCUT2D eigenvalue weighted by Crippen LogP contribution is 2.34. The Hall–Kier alpha value is -0.630. The van der Waals surface area contributed by atoms with E-state index in [1.54, 1.807) is 6.07 Å². The van der Waals surface area contributed by atoms with Gasteiger partial charge in [-0.25, -0.2) is 8.42 Å². The lowest BCUT2D eigenvalue weighted by molar-refractivity contribution is 0.250. The van der Waals surface area contributed by atoms with Crippen LogP contribution in [0.4, 0.5) is 0 Å². The summed E-state index contributed by atoms with van der Waals surface area (Å²) in [6, 6.07) is 4.69. The molecule has 0 bridgehead atoms. The molecule has 0 heterocycles. The van der Waals surface area contributed by atoms with Gasteiger partial charge < -0.3 is 9.84 Å². The number of hydrogen-bond donors (Lipinski definition) is 1. The molecule has 1 aliphatic carbocycles. The van der Waals surface area contributed by atoms with Gasteiger partial charge in [0.1, 0.15) is 5.75 Å². The quantitative estimate of drug-likeness (QED) is 0.846. The maximum atomic E-state index is 12.5. The second-order valence-electron chi connectivity index (χ2n) is 4.37. The van der Waals surface area contributed by atoms with E-state index in [2.05, 4.69) is 15.9 Å². The molecule has 5 nitrogen and oxygen atoms in total. The van der Waals surface area contributed by atoms with Crippen molar-refractivity contribution < 1.29 is 18.3 Å². The lowest BCUT2D eigenvalue weighted by atomic mass is 10.3.